The van der Waals surface area contributed by atoms with Crippen molar-refractivity contribution in [2.24, 2.45) is 11.1 Å². The molecule has 19 heavy (non-hydrogen) atoms. The first-order valence-corrected chi connectivity index (χ1v) is 6.18. The number of amides is 2. The number of carbonyl (C=O) groups is 2. The normalized spacial score (nSPS) is 12.7. The predicted molar refractivity (Wildman–Crippen MR) is 76.8 cm³/mol. The van der Waals surface area contributed by atoms with Crippen LogP contribution in [0.1, 0.15) is 27.7 Å². The van der Waals surface area contributed by atoms with Crippen molar-refractivity contribution in [3.05, 3.63) is 24.3 Å². The Morgan fingerprint density at radius 1 is 1.05 bits per heavy atom. The minimum absolute atomic E-state index is 0.0557. The monoisotopic (exact) mass is 263 g/mol. The van der Waals surface area contributed by atoms with Crippen molar-refractivity contribution >= 4 is 23.2 Å². The molecule has 0 saturated heterocycles. The molecule has 0 radical (unpaired) electrons. The van der Waals surface area contributed by atoms with Gasteiger partial charge in [-0.1, -0.05) is 20.8 Å². The Hall–Kier alpha value is -1.88. The third kappa shape index (κ3) is 4.71. The fourth-order valence-corrected chi connectivity index (χ4v) is 1.21. The molecule has 1 aromatic rings. The van der Waals surface area contributed by atoms with Gasteiger partial charge in [0, 0.05) is 16.8 Å². The molecule has 0 heterocycles. The van der Waals surface area contributed by atoms with Gasteiger partial charge in [0.05, 0.1) is 6.04 Å². The Kier molecular flexibility index (Phi) is 4.67. The topological polar surface area (TPSA) is 84.2 Å². The Morgan fingerprint density at radius 2 is 1.47 bits per heavy atom. The standard InChI is InChI=1S/C14H21N3O2/c1-9(15)12(18)16-10-5-7-11(8-6-10)17-13(19)14(2,3)4/h5-9H,15H2,1-4H3,(H,16,18)(H,17,19)/t9-/m0/s1. The lowest BCUT2D eigenvalue weighted by Crippen LogP contribution is -2.32. The second-order valence-electron chi connectivity index (χ2n) is 5.56. The first kappa shape index (κ1) is 15.2. The summed E-state index contributed by atoms with van der Waals surface area (Å²) in [4.78, 5) is 23.2. The summed E-state index contributed by atoms with van der Waals surface area (Å²) in [5, 5.41) is 5.48. The molecule has 104 valence electrons. The van der Waals surface area contributed by atoms with Crippen LogP contribution < -0.4 is 16.4 Å². The van der Waals surface area contributed by atoms with E-state index in [9.17, 15) is 9.59 Å². The predicted octanol–water partition coefficient (Wildman–Crippen LogP) is 1.96. The molecular weight excluding hydrogens is 242 g/mol. The molecule has 0 aromatic heterocycles. The largest absolute Gasteiger partial charge is 0.326 e. The van der Waals surface area contributed by atoms with Crippen LogP contribution in [-0.4, -0.2) is 17.9 Å². The molecule has 1 aromatic carbocycles. The Bertz CT molecular complexity index is 459. The lowest BCUT2D eigenvalue weighted by Gasteiger charge is -2.17. The van der Waals surface area contributed by atoms with Crippen LogP contribution in [0.4, 0.5) is 11.4 Å². The van der Waals surface area contributed by atoms with Crippen molar-refractivity contribution in [2.75, 3.05) is 10.6 Å². The highest BCUT2D eigenvalue weighted by atomic mass is 16.2. The van der Waals surface area contributed by atoms with Gasteiger partial charge < -0.3 is 16.4 Å². The lowest BCUT2D eigenvalue weighted by molar-refractivity contribution is -0.123. The van der Waals surface area contributed by atoms with E-state index in [0.717, 1.165) is 0 Å². The van der Waals surface area contributed by atoms with Gasteiger partial charge in [-0.3, -0.25) is 9.59 Å². The first-order valence-electron chi connectivity index (χ1n) is 6.18. The number of benzene rings is 1. The van der Waals surface area contributed by atoms with Gasteiger partial charge in [0.25, 0.3) is 0 Å². The van der Waals surface area contributed by atoms with Crippen LogP contribution in [0, 0.1) is 5.41 Å². The maximum absolute atomic E-state index is 11.8. The van der Waals surface area contributed by atoms with Gasteiger partial charge in [-0.25, -0.2) is 0 Å². The fourth-order valence-electron chi connectivity index (χ4n) is 1.21. The summed E-state index contributed by atoms with van der Waals surface area (Å²) in [5.74, 6) is -0.300. The third-order valence-corrected chi connectivity index (χ3v) is 2.51. The van der Waals surface area contributed by atoms with Crippen LogP contribution >= 0.6 is 0 Å². The van der Waals surface area contributed by atoms with Crippen LogP contribution in [0.3, 0.4) is 0 Å². The van der Waals surface area contributed by atoms with E-state index in [4.69, 9.17) is 5.73 Å². The molecule has 2 amide bonds. The zero-order chi connectivity index (χ0) is 14.6. The number of carbonyl (C=O) groups excluding carboxylic acids is 2. The SMILES string of the molecule is C[C@H](N)C(=O)Nc1ccc(NC(=O)C(C)(C)C)cc1. The van der Waals surface area contributed by atoms with Crippen molar-refractivity contribution < 1.29 is 9.59 Å². The van der Waals surface area contributed by atoms with E-state index in [1.807, 2.05) is 20.8 Å². The quantitative estimate of drug-likeness (QED) is 0.779. The molecular formula is C14H21N3O2. The van der Waals surface area contributed by atoms with Gasteiger partial charge in [0.2, 0.25) is 11.8 Å². The summed E-state index contributed by atoms with van der Waals surface area (Å²) >= 11 is 0. The number of anilines is 2. The second-order valence-corrected chi connectivity index (χ2v) is 5.56. The van der Waals surface area contributed by atoms with Crippen LogP contribution in [0.15, 0.2) is 24.3 Å². The number of hydrogen-bond acceptors (Lipinski definition) is 3. The van der Waals surface area contributed by atoms with Crippen LogP contribution in [0.25, 0.3) is 0 Å². The summed E-state index contributed by atoms with van der Waals surface area (Å²) in [6.45, 7) is 7.16. The molecule has 0 aliphatic carbocycles. The average Bonchev–Trinajstić information content (AvgIpc) is 2.30. The molecule has 1 rings (SSSR count). The Balaban J connectivity index is 2.67. The summed E-state index contributed by atoms with van der Waals surface area (Å²) in [5.41, 5.74) is 6.36. The molecule has 5 nitrogen and oxygen atoms in total. The average molecular weight is 263 g/mol. The van der Waals surface area contributed by atoms with Crippen molar-refractivity contribution in [2.45, 2.75) is 33.7 Å². The van der Waals surface area contributed by atoms with E-state index in [-0.39, 0.29) is 11.8 Å². The van der Waals surface area contributed by atoms with Crippen molar-refractivity contribution in [3.63, 3.8) is 0 Å². The number of hydrogen-bond donors (Lipinski definition) is 3. The van der Waals surface area contributed by atoms with Gasteiger partial charge in [-0.05, 0) is 31.2 Å². The maximum atomic E-state index is 11.8. The summed E-state index contributed by atoms with van der Waals surface area (Å²) in [6, 6.07) is 6.36. The van der Waals surface area contributed by atoms with Crippen LogP contribution in [-0.2, 0) is 9.59 Å². The second kappa shape index (κ2) is 5.84. The van der Waals surface area contributed by atoms with Gasteiger partial charge >= 0.3 is 0 Å². The molecule has 0 saturated carbocycles. The van der Waals surface area contributed by atoms with Gasteiger partial charge in [0.1, 0.15) is 0 Å². The van der Waals surface area contributed by atoms with Gasteiger partial charge in [-0.2, -0.15) is 0 Å². The smallest absolute Gasteiger partial charge is 0.240 e. The van der Waals surface area contributed by atoms with Crippen LogP contribution in [0.2, 0.25) is 0 Å². The molecule has 1 atom stereocenters. The highest BCUT2D eigenvalue weighted by Gasteiger charge is 2.21. The maximum Gasteiger partial charge on any atom is 0.240 e. The Morgan fingerprint density at radius 3 is 1.84 bits per heavy atom. The zero-order valence-corrected chi connectivity index (χ0v) is 11.8. The van der Waals surface area contributed by atoms with E-state index in [1.54, 1.807) is 31.2 Å². The van der Waals surface area contributed by atoms with E-state index in [1.165, 1.54) is 0 Å². The van der Waals surface area contributed by atoms with Crippen LogP contribution in [0.5, 0.6) is 0 Å². The number of nitrogens with one attached hydrogen (secondary N) is 2. The zero-order valence-electron chi connectivity index (χ0n) is 11.8. The molecule has 4 N–H and O–H groups in total. The molecule has 0 aliphatic rings. The molecule has 5 heteroatoms. The van der Waals surface area contributed by atoms with E-state index < -0.39 is 11.5 Å². The van der Waals surface area contributed by atoms with E-state index >= 15 is 0 Å². The number of rotatable bonds is 3. The summed E-state index contributed by atoms with van der Waals surface area (Å²) in [6.07, 6.45) is 0. The van der Waals surface area contributed by atoms with E-state index in [0.29, 0.717) is 11.4 Å². The van der Waals surface area contributed by atoms with Crippen molar-refractivity contribution in [3.8, 4) is 0 Å². The first-order chi connectivity index (χ1) is 8.70. The van der Waals surface area contributed by atoms with Crippen molar-refractivity contribution in [1.82, 2.24) is 0 Å². The summed E-state index contributed by atoms with van der Waals surface area (Å²) in [7, 11) is 0. The lowest BCUT2D eigenvalue weighted by atomic mass is 9.95. The highest BCUT2D eigenvalue weighted by Crippen LogP contribution is 2.19. The van der Waals surface area contributed by atoms with E-state index in [2.05, 4.69) is 10.6 Å². The Labute approximate surface area is 113 Å². The molecule has 0 spiro atoms. The number of nitrogens with two attached hydrogens (primary N) is 1. The molecule has 0 aliphatic heterocycles. The fraction of sp³-hybridized carbons (Fsp3) is 0.429. The summed E-state index contributed by atoms with van der Waals surface area (Å²) < 4.78 is 0. The van der Waals surface area contributed by atoms with Gasteiger partial charge in [0.15, 0.2) is 0 Å². The third-order valence-electron chi connectivity index (χ3n) is 2.51. The molecule has 0 fully saturated rings. The van der Waals surface area contributed by atoms with Gasteiger partial charge in [-0.15, -0.1) is 0 Å². The minimum atomic E-state index is -0.555. The molecule has 0 bridgehead atoms. The van der Waals surface area contributed by atoms with Crippen molar-refractivity contribution in [1.29, 1.82) is 0 Å². The highest BCUT2D eigenvalue weighted by molar-refractivity contribution is 5.96. The molecule has 0 unspecified atom stereocenters. The minimum Gasteiger partial charge on any atom is -0.326 e.